The fourth-order valence-corrected chi connectivity index (χ4v) is 2.98. The first-order chi connectivity index (χ1) is 12.4. The summed E-state index contributed by atoms with van der Waals surface area (Å²) in [5.41, 5.74) is -0.145. The second-order valence-corrected chi connectivity index (χ2v) is 6.55. The van der Waals surface area contributed by atoms with E-state index in [2.05, 4.69) is 5.32 Å². The van der Waals surface area contributed by atoms with E-state index in [1.165, 1.54) is 6.92 Å². The average Bonchev–Trinajstić information content (AvgIpc) is 2.59. The molecule has 1 aromatic rings. The number of aliphatic carboxylic acids is 1. The lowest BCUT2D eigenvalue weighted by Gasteiger charge is -2.36. The molecule has 0 atom stereocenters. The van der Waals surface area contributed by atoms with Crippen molar-refractivity contribution < 1.29 is 29.0 Å². The molecule has 7 nitrogen and oxygen atoms in total. The van der Waals surface area contributed by atoms with Crippen LogP contribution in [-0.2, 0) is 14.3 Å². The van der Waals surface area contributed by atoms with E-state index in [-0.39, 0.29) is 24.5 Å². The summed E-state index contributed by atoms with van der Waals surface area (Å²) in [6.45, 7) is 2.73. The molecule has 1 aliphatic rings. The number of ether oxygens (including phenoxy) is 2. The van der Waals surface area contributed by atoms with Crippen molar-refractivity contribution in [2.24, 2.45) is 0 Å². The number of Topliss-reactive ketones (excluding diaryl/α,β-unsaturated/α-hetero) is 1. The van der Waals surface area contributed by atoms with Crippen LogP contribution in [0, 0.1) is 0 Å². The van der Waals surface area contributed by atoms with Gasteiger partial charge in [-0.25, -0.2) is 0 Å². The predicted octanol–water partition coefficient (Wildman–Crippen LogP) is 2.19. The monoisotopic (exact) mass is 363 g/mol. The van der Waals surface area contributed by atoms with Crippen molar-refractivity contribution in [3.05, 3.63) is 29.8 Å². The SMILES string of the molecule is CC(=O)c1cccc(OCCCC(=O)NC2(CC(=O)O)CCOCC2)c1. The molecule has 142 valence electrons. The van der Waals surface area contributed by atoms with Crippen molar-refractivity contribution in [1.29, 1.82) is 0 Å². The maximum Gasteiger partial charge on any atom is 0.305 e. The summed E-state index contributed by atoms with van der Waals surface area (Å²) in [5.74, 6) is -0.560. The highest BCUT2D eigenvalue weighted by Crippen LogP contribution is 2.25. The maximum atomic E-state index is 12.2. The third-order valence-corrected chi connectivity index (χ3v) is 4.40. The molecule has 0 aliphatic carbocycles. The molecule has 0 saturated carbocycles. The number of hydrogen-bond donors (Lipinski definition) is 2. The van der Waals surface area contributed by atoms with E-state index in [0.29, 0.717) is 50.4 Å². The van der Waals surface area contributed by atoms with Crippen molar-refractivity contribution in [2.75, 3.05) is 19.8 Å². The summed E-state index contributed by atoms with van der Waals surface area (Å²) >= 11 is 0. The lowest BCUT2D eigenvalue weighted by Crippen LogP contribution is -2.53. The van der Waals surface area contributed by atoms with Gasteiger partial charge in [0.2, 0.25) is 5.91 Å². The third-order valence-electron chi connectivity index (χ3n) is 4.40. The summed E-state index contributed by atoms with van der Waals surface area (Å²) < 4.78 is 10.9. The normalized spacial score (nSPS) is 15.9. The Hall–Kier alpha value is -2.41. The standard InChI is InChI=1S/C19H25NO6/c1-14(21)15-4-2-5-16(12-15)26-9-3-6-17(22)20-19(13-18(23)24)7-10-25-11-8-19/h2,4-5,12H,3,6-11,13H2,1H3,(H,20,22)(H,23,24). The summed E-state index contributed by atoms with van der Waals surface area (Å²) in [5, 5.41) is 12.0. The summed E-state index contributed by atoms with van der Waals surface area (Å²) in [4.78, 5) is 34.7. The Kier molecular flexibility index (Phi) is 7.15. The Morgan fingerprint density at radius 3 is 2.65 bits per heavy atom. The molecule has 1 fully saturated rings. The van der Waals surface area contributed by atoms with Gasteiger partial charge in [0, 0.05) is 25.2 Å². The molecule has 2 N–H and O–H groups in total. The molecule has 26 heavy (non-hydrogen) atoms. The van der Waals surface area contributed by atoms with Crippen LogP contribution in [0.25, 0.3) is 0 Å². The lowest BCUT2D eigenvalue weighted by molar-refractivity contribution is -0.140. The number of carboxylic acids is 1. The fourth-order valence-electron chi connectivity index (χ4n) is 2.98. The second kappa shape index (κ2) is 9.33. The Morgan fingerprint density at radius 1 is 1.27 bits per heavy atom. The summed E-state index contributed by atoms with van der Waals surface area (Å²) in [6, 6.07) is 6.90. The zero-order valence-electron chi connectivity index (χ0n) is 15.0. The number of carbonyl (C=O) groups excluding carboxylic acids is 2. The molecule has 1 amide bonds. The Bertz CT molecular complexity index is 651. The Morgan fingerprint density at radius 2 is 2.00 bits per heavy atom. The lowest BCUT2D eigenvalue weighted by atomic mass is 9.86. The second-order valence-electron chi connectivity index (χ2n) is 6.55. The topological polar surface area (TPSA) is 102 Å². The number of benzene rings is 1. The predicted molar refractivity (Wildman–Crippen MR) is 94.4 cm³/mol. The smallest absolute Gasteiger partial charge is 0.305 e. The van der Waals surface area contributed by atoms with Crippen molar-refractivity contribution in [1.82, 2.24) is 5.32 Å². The first kappa shape index (κ1) is 19.9. The molecule has 0 unspecified atom stereocenters. The number of carbonyl (C=O) groups is 3. The van der Waals surface area contributed by atoms with E-state index < -0.39 is 11.5 Å². The van der Waals surface area contributed by atoms with Gasteiger partial charge in [0.1, 0.15) is 5.75 Å². The first-order valence-electron chi connectivity index (χ1n) is 8.75. The molecular weight excluding hydrogens is 338 g/mol. The highest BCUT2D eigenvalue weighted by molar-refractivity contribution is 5.94. The number of amides is 1. The van der Waals surface area contributed by atoms with Crippen LogP contribution < -0.4 is 10.1 Å². The molecule has 1 aromatic carbocycles. The van der Waals surface area contributed by atoms with E-state index in [0.717, 1.165) is 0 Å². The van der Waals surface area contributed by atoms with Gasteiger partial charge < -0.3 is 19.9 Å². The zero-order chi connectivity index (χ0) is 19.0. The maximum absolute atomic E-state index is 12.2. The van der Waals surface area contributed by atoms with Gasteiger partial charge in [-0.3, -0.25) is 14.4 Å². The van der Waals surface area contributed by atoms with E-state index in [9.17, 15) is 14.4 Å². The molecule has 0 radical (unpaired) electrons. The molecule has 2 rings (SSSR count). The highest BCUT2D eigenvalue weighted by Gasteiger charge is 2.36. The van der Waals surface area contributed by atoms with Gasteiger partial charge in [0.05, 0.1) is 18.6 Å². The zero-order valence-corrected chi connectivity index (χ0v) is 15.0. The van der Waals surface area contributed by atoms with Crippen molar-refractivity contribution in [2.45, 2.75) is 44.6 Å². The van der Waals surface area contributed by atoms with E-state index in [1.807, 2.05) is 0 Å². The molecule has 1 heterocycles. The minimum atomic E-state index is -0.930. The number of rotatable bonds is 9. The van der Waals surface area contributed by atoms with Crippen LogP contribution in [0.3, 0.4) is 0 Å². The third kappa shape index (κ3) is 6.15. The fraction of sp³-hybridized carbons (Fsp3) is 0.526. The van der Waals surface area contributed by atoms with Crippen LogP contribution in [0.2, 0.25) is 0 Å². The molecular formula is C19H25NO6. The van der Waals surface area contributed by atoms with Crippen LogP contribution in [0.15, 0.2) is 24.3 Å². The molecule has 0 bridgehead atoms. The van der Waals surface area contributed by atoms with Crippen LogP contribution in [0.4, 0.5) is 0 Å². The van der Waals surface area contributed by atoms with Gasteiger partial charge in [-0.05, 0) is 38.3 Å². The molecule has 0 aromatic heterocycles. The molecule has 1 saturated heterocycles. The molecule has 0 spiro atoms. The molecule has 7 heteroatoms. The largest absolute Gasteiger partial charge is 0.494 e. The van der Waals surface area contributed by atoms with Crippen LogP contribution in [0.1, 0.15) is 49.4 Å². The van der Waals surface area contributed by atoms with Gasteiger partial charge in [-0.1, -0.05) is 12.1 Å². The minimum absolute atomic E-state index is 0.0324. The number of nitrogens with one attached hydrogen (secondary N) is 1. The highest BCUT2D eigenvalue weighted by atomic mass is 16.5. The molecule has 1 aliphatic heterocycles. The summed E-state index contributed by atoms with van der Waals surface area (Å²) in [6.07, 6.45) is 1.64. The number of ketones is 1. The van der Waals surface area contributed by atoms with Gasteiger partial charge >= 0.3 is 5.97 Å². The van der Waals surface area contributed by atoms with Crippen LogP contribution in [-0.4, -0.2) is 48.1 Å². The van der Waals surface area contributed by atoms with Gasteiger partial charge in [-0.2, -0.15) is 0 Å². The quantitative estimate of drug-likeness (QED) is 0.515. The van der Waals surface area contributed by atoms with Gasteiger partial charge in [0.25, 0.3) is 0 Å². The number of carboxylic acid groups (broad SMARTS) is 1. The van der Waals surface area contributed by atoms with E-state index >= 15 is 0 Å². The average molecular weight is 363 g/mol. The van der Waals surface area contributed by atoms with Crippen molar-refractivity contribution in [3.8, 4) is 5.75 Å². The Labute approximate surface area is 152 Å². The summed E-state index contributed by atoms with van der Waals surface area (Å²) in [7, 11) is 0. The first-order valence-corrected chi connectivity index (χ1v) is 8.75. The van der Waals surface area contributed by atoms with Gasteiger partial charge in [0.15, 0.2) is 5.78 Å². The van der Waals surface area contributed by atoms with Crippen molar-refractivity contribution >= 4 is 17.7 Å². The van der Waals surface area contributed by atoms with E-state index in [1.54, 1.807) is 24.3 Å². The van der Waals surface area contributed by atoms with Gasteiger partial charge in [-0.15, -0.1) is 0 Å². The van der Waals surface area contributed by atoms with E-state index in [4.69, 9.17) is 14.6 Å². The van der Waals surface area contributed by atoms with Crippen molar-refractivity contribution in [3.63, 3.8) is 0 Å². The minimum Gasteiger partial charge on any atom is -0.494 e. The Balaban J connectivity index is 1.78. The van der Waals surface area contributed by atoms with Crippen LogP contribution in [0.5, 0.6) is 5.75 Å². The van der Waals surface area contributed by atoms with Crippen LogP contribution >= 0.6 is 0 Å². The number of hydrogen-bond acceptors (Lipinski definition) is 5.